The summed E-state index contributed by atoms with van der Waals surface area (Å²) in [5.74, 6) is -1.64. The number of hydrogen-bond acceptors (Lipinski definition) is 8. The minimum atomic E-state index is -1.11. The fourth-order valence-corrected chi connectivity index (χ4v) is 2.47. The van der Waals surface area contributed by atoms with Crippen LogP contribution in [0.3, 0.4) is 0 Å². The van der Waals surface area contributed by atoms with Crippen LogP contribution in [-0.2, 0) is 9.47 Å². The van der Waals surface area contributed by atoms with E-state index in [0.29, 0.717) is 4.90 Å². The van der Waals surface area contributed by atoms with Crippen LogP contribution >= 0.6 is 11.6 Å². The first-order chi connectivity index (χ1) is 14.1. The van der Waals surface area contributed by atoms with Gasteiger partial charge in [-0.05, 0) is 59.7 Å². The highest BCUT2D eigenvalue weighted by atomic mass is 35.5. The van der Waals surface area contributed by atoms with Crippen LogP contribution in [0.1, 0.15) is 41.5 Å². The van der Waals surface area contributed by atoms with E-state index in [9.17, 15) is 14.0 Å². The summed E-state index contributed by atoms with van der Waals surface area (Å²) < 4.78 is 25.0. The fourth-order valence-electron chi connectivity index (χ4n) is 2.30. The lowest BCUT2D eigenvalue weighted by molar-refractivity contribution is 0.0429. The van der Waals surface area contributed by atoms with Gasteiger partial charge in [0.1, 0.15) is 27.9 Å². The number of imide groups is 1. The maximum atomic E-state index is 14.4. The van der Waals surface area contributed by atoms with Gasteiger partial charge >= 0.3 is 12.2 Å². The Morgan fingerprint density at radius 2 is 1.52 bits per heavy atom. The largest absolute Gasteiger partial charge is 0.443 e. The molecule has 0 spiro atoms. The smallest absolute Gasteiger partial charge is 0.425 e. The summed E-state index contributed by atoms with van der Waals surface area (Å²) in [5.41, 5.74) is 9.67. The number of rotatable bonds is 2. The molecule has 0 aliphatic heterocycles. The Balaban J connectivity index is 2.67. The minimum Gasteiger partial charge on any atom is -0.443 e. The lowest BCUT2D eigenvalue weighted by atomic mass is 10.2. The number of carbonyl (C=O) groups is 2. The van der Waals surface area contributed by atoms with E-state index in [4.69, 9.17) is 32.5 Å². The molecule has 2 amide bonds. The van der Waals surface area contributed by atoms with Crippen molar-refractivity contribution in [2.24, 2.45) is 0 Å². The third-order valence-corrected chi connectivity index (χ3v) is 3.82. The van der Waals surface area contributed by atoms with Crippen molar-refractivity contribution in [3.8, 4) is 11.4 Å². The first-order valence-electron chi connectivity index (χ1n) is 9.23. The maximum absolute atomic E-state index is 14.4. The number of anilines is 3. The van der Waals surface area contributed by atoms with Crippen LogP contribution in [-0.4, -0.2) is 33.4 Å². The van der Waals surface area contributed by atoms with Crippen LogP contribution in [0, 0.1) is 5.82 Å². The second-order valence-corrected chi connectivity index (χ2v) is 8.98. The van der Waals surface area contributed by atoms with Gasteiger partial charge in [-0.25, -0.2) is 23.9 Å². The van der Waals surface area contributed by atoms with E-state index in [0.717, 1.165) is 6.07 Å². The van der Waals surface area contributed by atoms with Crippen molar-refractivity contribution in [3.63, 3.8) is 0 Å². The number of ether oxygens (including phenoxy) is 2. The molecule has 0 bridgehead atoms. The lowest BCUT2D eigenvalue weighted by Gasteiger charge is -2.28. The van der Waals surface area contributed by atoms with Crippen LogP contribution in [0.2, 0.25) is 5.02 Å². The highest BCUT2D eigenvalue weighted by Crippen LogP contribution is 2.34. The molecule has 1 aromatic heterocycles. The zero-order valence-corrected chi connectivity index (χ0v) is 18.9. The number of hydrogen-bond donors (Lipinski definition) is 2. The van der Waals surface area contributed by atoms with Gasteiger partial charge in [0.2, 0.25) is 0 Å². The molecule has 0 aliphatic carbocycles. The number of carbonyl (C=O) groups excluding carboxylic acids is 2. The topological polar surface area (TPSA) is 134 Å². The number of nitrogens with two attached hydrogens (primary N) is 2. The molecule has 31 heavy (non-hydrogen) atoms. The Hall–Kier alpha value is -3.14. The predicted octanol–water partition coefficient (Wildman–Crippen LogP) is 4.78. The molecule has 0 aliphatic rings. The molecule has 0 unspecified atom stereocenters. The molecular weight excluding hydrogens is 429 g/mol. The first-order valence-corrected chi connectivity index (χ1v) is 9.61. The molecule has 9 nitrogen and oxygen atoms in total. The summed E-state index contributed by atoms with van der Waals surface area (Å²) >= 11 is 6.22. The quantitative estimate of drug-likeness (QED) is 0.620. The van der Waals surface area contributed by atoms with E-state index in [1.165, 1.54) is 12.1 Å². The van der Waals surface area contributed by atoms with E-state index >= 15 is 0 Å². The standard InChI is InChI=1S/C20H25ClFN5O4/c1-19(2,3)30-17(28)27(18(29)31-20(4,5)6)16-13(21)14(24)25-15(26-16)11-8-7-10(23)9-12(11)22/h7-9H,23H2,1-6H3,(H2,24,25,26). The molecule has 0 radical (unpaired) electrons. The van der Waals surface area contributed by atoms with Gasteiger partial charge in [-0.1, -0.05) is 11.6 Å². The van der Waals surface area contributed by atoms with Crippen LogP contribution < -0.4 is 16.4 Å². The molecule has 0 saturated heterocycles. The fraction of sp³-hybridized carbons (Fsp3) is 0.400. The number of halogens is 2. The molecule has 2 aromatic rings. The number of aromatic nitrogens is 2. The number of benzene rings is 1. The zero-order chi connectivity index (χ0) is 23.7. The van der Waals surface area contributed by atoms with Crippen molar-refractivity contribution in [2.45, 2.75) is 52.7 Å². The van der Waals surface area contributed by atoms with Crippen molar-refractivity contribution >= 4 is 41.1 Å². The van der Waals surface area contributed by atoms with Crippen LogP contribution in [0.5, 0.6) is 0 Å². The first kappa shape index (κ1) is 24.1. The van der Waals surface area contributed by atoms with Gasteiger partial charge in [0.05, 0.1) is 5.56 Å². The molecular formula is C20H25ClFN5O4. The Bertz CT molecular complexity index is 990. The van der Waals surface area contributed by atoms with Gasteiger partial charge in [-0.15, -0.1) is 0 Å². The minimum absolute atomic E-state index is 0.0628. The Kier molecular flexibility index (Phi) is 6.65. The Labute approximate surface area is 184 Å². The average molecular weight is 454 g/mol. The number of nitrogen functional groups attached to an aromatic ring is 2. The van der Waals surface area contributed by atoms with Crippen molar-refractivity contribution in [1.29, 1.82) is 0 Å². The second-order valence-electron chi connectivity index (χ2n) is 8.61. The van der Waals surface area contributed by atoms with Gasteiger partial charge < -0.3 is 20.9 Å². The molecule has 2 rings (SSSR count). The van der Waals surface area contributed by atoms with Gasteiger partial charge in [0, 0.05) is 5.69 Å². The zero-order valence-electron chi connectivity index (χ0n) is 18.1. The van der Waals surface area contributed by atoms with E-state index in [1.807, 2.05) is 0 Å². The normalized spacial score (nSPS) is 11.7. The van der Waals surface area contributed by atoms with E-state index in [2.05, 4.69) is 9.97 Å². The summed E-state index contributed by atoms with van der Waals surface area (Å²) in [7, 11) is 0. The number of amides is 2. The maximum Gasteiger partial charge on any atom is 0.425 e. The molecule has 0 atom stereocenters. The van der Waals surface area contributed by atoms with Gasteiger partial charge in [-0.3, -0.25) is 0 Å². The highest BCUT2D eigenvalue weighted by molar-refractivity contribution is 6.36. The molecule has 1 aromatic carbocycles. The lowest BCUT2D eigenvalue weighted by Crippen LogP contribution is -2.44. The summed E-state index contributed by atoms with van der Waals surface area (Å²) in [6.45, 7) is 9.69. The monoisotopic (exact) mass is 453 g/mol. The van der Waals surface area contributed by atoms with Crippen LogP contribution in [0.25, 0.3) is 11.4 Å². The summed E-state index contributed by atoms with van der Waals surface area (Å²) in [6, 6.07) is 3.84. The van der Waals surface area contributed by atoms with Crippen LogP contribution in [0.15, 0.2) is 18.2 Å². The molecule has 11 heteroatoms. The predicted molar refractivity (Wildman–Crippen MR) is 116 cm³/mol. The molecule has 0 fully saturated rings. The summed E-state index contributed by atoms with van der Waals surface area (Å²) in [4.78, 5) is 34.3. The van der Waals surface area contributed by atoms with Gasteiger partial charge in [0.15, 0.2) is 11.6 Å². The van der Waals surface area contributed by atoms with Gasteiger partial charge in [0.25, 0.3) is 0 Å². The van der Waals surface area contributed by atoms with Crippen molar-refractivity contribution in [2.75, 3.05) is 16.4 Å². The molecule has 168 valence electrons. The molecule has 4 N–H and O–H groups in total. The highest BCUT2D eigenvalue weighted by Gasteiger charge is 2.36. The summed E-state index contributed by atoms with van der Waals surface area (Å²) in [6.07, 6.45) is -2.21. The third-order valence-electron chi connectivity index (χ3n) is 3.46. The summed E-state index contributed by atoms with van der Waals surface area (Å²) in [5, 5.41) is -0.309. The Morgan fingerprint density at radius 1 is 1.00 bits per heavy atom. The molecule has 1 heterocycles. The van der Waals surface area contributed by atoms with Crippen molar-refractivity contribution in [1.82, 2.24) is 9.97 Å². The average Bonchev–Trinajstić information content (AvgIpc) is 2.55. The van der Waals surface area contributed by atoms with E-state index in [1.54, 1.807) is 41.5 Å². The van der Waals surface area contributed by atoms with E-state index < -0.39 is 35.0 Å². The van der Waals surface area contributed by atoms with Gasteiger partial charge in [-0.2, -0.15) is 4.90 Å². The van der Waals surface area contributed by atoms with Crippen LogP contribution in [0.4, 0.5) is 31.3 Å². The Morgan fingerprint density at radius 3 is 1.97 bits per heavy atom. The van der Waals surface area contributed by atoms with Crippen molar-refractivity contribution in [3.05, 3.63) is 29.0 Å². The SMILES string of the molecule is CC(C)(C)OC(=O)N(C(=O)OC(C)(C)C)c1nc(-c2ccc(N)cc2F)nc(N)c1Cl. The van der Waals surface area contributed by atoms with E-state index in [-0.39, 0.29) is 27.9 Å². The number of nitrogens with zero attached hydrogens (tertiary/aromatic N) is 3. The third kappa shape index (κ3) is 6.17. The molecule has 0 saturated carbocycles. The van der Waals surface area contributed by atoms with Crippen molar-refractivity contribution < 1.29 is 23.5 Å². The second kappa shape index (κ2) is 8.54.